The number of nitrogens with zero attached hydrogens (tertiary/aromatic N) is 1. The number of aryl methyl sites for hydroxylation is 1. The Labute approximate surface area is 114 Å². The second-order valence-electron chi connectivity index (χ2n) is 4.16. The molecule has 0 atom stereocenters. The van der Waals surface area contributed by atoms with E-state index in [4.69, 9.17) is 5.73 Å². The molecule has 2 rings (SSSR count). The zero-order chi connectivity index (χ0) is 14.9. The monoisotopic (exact) mass is 297 g/mol. The summed E-state index contributed by atoms with van der Waals surface area (Å²) in [6.07, 6.45) is 1.33. The molecule has 0 radical (unpaired) electrons. The van der Waals surface area contributed by atoms with Crippen LogP contribution in [-0.2, 0) is 17.1 Å². The summed E-state index contributed by atoms with van der Waals surface area (Å²) in [4.78, 5) is 11.0. The Bertz CT molecular complexity index is 815. The SMILES string of the molecule is Cn1cc(NS(=O)(=O)c2ccc(N)c(F)c2)ccc1=O. The summed E-state index contributed by atoms with van der Waals surface area (Å²) < 4.78 is 40.9. The molecule has 106 valence electrons. The Morgan fingerprint density at radius 1 is 1.25 bits per heavy atom. The molecule has 6 nitrogen and oxygen atoms in total. The molecule has 0 amide bonds. The van der Waals surface area contributed by atoms with Crippen LogP contribution in [0.15, 0.2) is 46.2 Å². The van der Waals surface area contributed by atoms with E-state index in [0.29, 0.717) is 0 Å². The molecular formula is C12H12FN3O3S. The third kappa shape index (κ3) is 2.80. The van der Waals surface area contributed by atoms with Crippen molar-refractivity contribution in [2.24, 2.45) is 7.05 Å². The lowest BCUT2D eigenvalue weighted by atomic mass is 10.3. The van der Waals surface area contributed by atoms with Gasteiger partial charge in [-0.2, -0.15) is 0 Å². The van der Waals surface area contributed by atoms with E-state index >= 15 is 0 Å². The molecule has 20 heavy (non-hydrogen) atoms. The average molecular weight is 297 g/mol. The summed E-state index contributed by atoms with van der Waals surface area (Å²) in [5, 5.41) is 0. The second kappa shape index (κ2) is 4.97. The van der Waals surface area contributed by atoms with Crippen molar-refractivity contribution in [3.63, 3.8) is 0 Å². The minimum atomic E-state index is -3.94. The number of halogens is 1. The molecule has 2 aromatic rings. The van der Waals surface area contributed by atoms with E-state index in [9.17, 15) is 17.6 Å². The number of hydrogen-bond donors (Lipinski definition) is 2. The fraction of sp³-hybridized carbons (Fsp3) is 0.0833. The normalized spacial score (nSPS) is 11.3. The van der Waals surface area contributed by atoms with E-state index in [1.165, 1.54) is 42.1 Å². The van der Waals surface area contributed by atoms with Crippen LogP contribution in [-0.4, -0.2) is 13.0 Å². The third-order valence-corrected chi connectivity index (χ3v) is 4.00. The maximum absolute atomic E-state index is 13.3. The highest BCUT2D eigenvalue weighted by Crippen LogP contribution is 2.19. The van der Waals surface area contributed by atoms with Crippen molar-refractivity contribution in [3.8, 4) is 0 Å². The maximum Gasteiger partial charge on any atom is 0.262 e. The smallest absolute Gasteiger partial charge is 0.262 e. The number of anilines is 2. The molecule has 0 unspecified atom stereocenters. The topological polar surface area (TPSA) is 94.2 Å². The molecule has 0 aliphatic heterocycles. The Morgan fingerprint density at radius 2 is 1.95 bits per heavy atom. The molecule has 0 bridgehead atoms. The fourth-order valence-corrected chi connectivity index (χ4v) is 2.60. The Morgan fingerprint density at radius 3 is 2.55 bits per heavy atom. The van der Waals surface area contributed by atoms with Gasteiger partial charge in [-0.05, 0) is 24.3 Å². The van der Waals surface area contributed by atoms with Gasteiger partial charge in [-0.15, -0.1) is 0 Å². The number of sulfonamides is 1. The minimum Gasteiger partial charge on any atom is -0.396 e. The largest absolute Gasteiger partial charge is 0.396 e. The van der Waals surface area contributed by atoms with Crippen molar-refractivity contribution in [1.29, 1.82) is 0 Å². The molecule has 3 N–H and O–H groups in total. The van der Waals surface area contributed by atoms with E-state index in [2.05, 4.69) is 4.72 Å². The van der Waals surface area contributed by atoms with Crippen molar-refractivity contribution in [1.82, 2.24) is 4.57 Å². The summed E-state index contributed by atoms with van der Waals surface area (Å²) >= 11 is 0. The lowest BCUT2D eigenvalue weighted by molar-refractivity contribution is 0.596. The highest BCUT2D eigenvalue weighted by molar-refractivity contribution is 7.92. The van der Waals surface area contributed by atoms with E-state index in [0.717, 1.165) is 6.07 Å². The van der Waals surface area contributed by atoms with Crippen LogP contribution < -0.4 is 16.0 Å². The van der Waals surface area contributed by atoms with Crippen LogP contribution in [0.2, 0.25) is 0 Å². The van der Waals surface area contributed by atoms with Crippen molar-refractivity contribution in [2.75, 3.05) is 10.5 Å². The van der Waals surface area contributed by atoms with Gasteiger partial charge in [0.2, 0.25) is 5.56 Å². The number of benzene rings is 1. The first-order valence-electron chi connectivity index (χ1n) is 5.54. The Hall–Kier alpha value is -2.35. The average Bonchev–Trinajstić information content (AvgIpc) is 2.37. The standard InChI is InChI=1S/C12H12FN3O3S/c1-16-7-8(2-5-12(16)17)15-20(18,19)9-3-4-11(14)10(13)6-9/h2-7,15H,14H2,1H3. The van der Waals surface area contributed by atoms with Gasteiger partial charge in [-0.3, -0.25) is 9.52 Å². The summed E-state index contributed by atoms with van der Waals surface area (Å²) in [6.45, 7) is 0. The van der Waals surface area contributed by atoms with Crippen LogP contribution in [0.3, 0.4) is 0 Å². The van der Waals surface area contributed by atoms with E-state index in [1.807, 2.05) is 0 Å². The summed E-state index contributed by atoms with van der Waals surface area (Å²) in [5.41, 5.74) is 5.09. The van der Waals surface area contributed by atoms with Crippen LogP contribution in [0.4, 0.5) is 15.8 Å². The second-order valence-corrected chi connectivity index (χ2v) is 5.84. The van der Waals surface area contributed by atoms with Gasteiger partial charge in [0.05, 0.1) is 16.3 Å². The molecule has 0 aliphatic rings. The molecule has 0 spiro atoms. The molecule has 0 saturated heterocycles. The van der Waals surface area contributed by atoms with Gasteiger partial charge in [0, 0.05) is 19.3 Å². The van der Waals surface area contributed by atoms with Gasteiger partial charge in [-0.25, -0.2) is 12.8 Å². The first-order valence-corrected chi connectivity index (χ1v) is 7.02. The molecule has 0 aliphatic carbocycles. The molecule has 1 aromatic carbocycles. The van der Waals surface area contributed by atoms with E-state index < -0.39 is 15.8 Å². The molecule has 8 heteroatoms. The Balaban J connectivity index is 2.37. The highest BCUT2D eigenvalue weighted by Gasteiger charge is 2.16. The molecule has 1 aromatic heterocycles. The zero-order valence-electron chi connectivity index (χ0n) is 10.5. The quantitative estimate of drug-likeness (QED) is 0.823. The predicted molar refractivity (Wildman–Crippen MR) is 73.3 cm³/mol. The Kier molecular flexibility index (Phi) is 3.49. The van der Waals surface area contributed by atoms with Crippen LogP contribution >= 0.6 is 0 Å². The number of rotatable bonds is 3. The number of pyridine rings is 1. The molecule has 1 heterocycles. The van der Waals surface area contributed by atoms with Gasteiger partial charge in [0.25, 0.3) is 10.0 Å². The van der Waals surface area contributed by atoms with Gasteiger partial charge < -0.3 is 10.3 Å². The van der Waals surface area contributed by atoms with Crippen LogP contribution in [0, 0.1) is 5.82 Å². The van der Waals surface area contributed by atoms with Crippen LogP contribution in [0.25, 0.3) is 0 Å². The first-order chi connectivity index (χ1) is 9.29. The summed E-state index contributed by atoms with van der Waals surface area (Å²) in [6, 6.07) is 5.75. The number of nitrogens with two attached hydrogens (primary N) is 1. The fourth-order valence-electron chi connectivity index (χ4n) is 1.54. The summed E-state index contributed by atoms with van der Waals surface area (Å²) in [5.74, 6) is -0.812. The molecule has 0 fully saturated rings. The lowest BCUT2D eigenvalue weighted by Crippen LogP contribution is -2.18. The number of aromatic nitrogens is 1. The summed E-state index contributed by atoms with van der Waals surface area (Å²) in [7, 11) is -2.45. The van der Waals surface area contributed by atoms with Gasteiger partial charge in [0.15, 0.2) is 0 Å². The van der Waals surface area contributed by atoms with Gasteiger partial charge in [-0.1, -0.05) is 0 Å². The van der Waals surface area contributed by atoms with Crippen LogP contribution in [0.1, 0.15) is 0 Å². The third-order valence-electron chi connectivity index (χ3n) is 2.62. The lowest BCUT2D eigenvalue weighted by Gasteiger charge is -2.09. The molecule has 0 saturated carbocycles. The molecular weight excluding hydrogens is 285 g/mol. The minimum absolute atomic E-state index is 0.133. The van der Waals surface area contributed by atoms with Crippen molar-refractivity contribution < 1.29 is 12.8 Å². The first kappa shape index (κ1) is 14.1. The van der Waals surface area contributed by atoms with Crippen molar-refractivity contribution >= 4 is 21.4 Å². The van der Waals surface area contributed by atoms with E-state index in [-0.39, 0.29) is 21.8 Å². The maximum atomic E-state index is 13.3. The van der Waals surface area contributed by atoms with Crippen LogP contribution in [0.5, 0.6) is 0 Å². The highest BCUT2D eigenvalue weighted by atomic mass is 32.2. The van der Waals surface area contributed by atoms with Gasteiger partial charge >= 0.3 is 0 Å². The number of nitrogens with one attached hydrogen (secondary N) is 1. The number of hydrogen-bond acceptors (Lipinski definition) is 4. The van der Waals surface area contributed by atoms with Crippen molar-refractivity contribution in [3.05, 3.63) is 52.7 Å². The van der Waals surface area contributed by atoms with Crippen molar-refractivity contribution in [2.45, 2.75) is 4.90 Å². The predicted octanol–water partition coefficient (Wildman–Crippen LogP) is 0.907. The number of nitrogen functional groups attached to an aromatic ring is 1. The van der Waals surface area contributed by atoms with Gasteiger partial charge in [0.1, 0.15) is 5.82 Å². The zero-order valence-corrected chi connectivity index (χ0v) is 11.3. The van der Waals surface area contributed by atoms with E-state index in [1.54, 1.807) is 0 Å².